The van der Waals surface area contributed by atoms with Gasteiger partial charge < -0.3 is 5.73 Å². The molecule has 100 valence electrons. The molecule has 1 aromatic carbocycles. The number of hydrogen-bond acceptors (Lipinski definition) is 2. The number of nitrogens with two attached hydrogens (primary N) is 1. The van der Waals surface area contributed by atoms with Crippen LogP contribution in [0.25, 0.3) is 0 Å². The summed E-state index contributed by atoms with van der Waals surface area (Å²) in [5.74, 6) is 1.69. The van der Waals surface area contributed by atoms with Gasteiger partial charge in [0.25, 0.3) is 0 Å². The van der Waals surface area contributed by atoms with Gasteiger partial charge in [0.05, 0.1) is 0 Å². The lowest BCUT2D eigenvalue weighted by Gasteiger charge is -2.34. The number of nitrogens with zero attached hydrogens (tertiary/aromatic N) is 1. The molecule has 0 spiro atoms. The predicted molar refractivity (Wildman–Crippen MR) is 77.3 cm³/mol. The topological polar surface area (TPSA) is 29.3 Å². The fourth-order valence-corrected chi connectivity index (χ4v) is 3.02. The SMILES string of the molecule is CC(CCN)C1CCN(Cc2ccccc2)CC1. The van der Waals surface area contributed by atoms with Gasteiger partial charge in [0.15, 0.2) is 0 Å². The summed E-state index contributed by atoms with van der Waals surface area (Å²) in [5, 5.41) is 0. The van der Waals surface area contributed by atoms with E-state index in [1.165, 1.54) is 37.9 Å². The van der Waals surface area contributed by atoms with Crippen LogP contribution in [0.2, 0.25) is 0 Å². The molecular formula is C16H26N2. The van der Waals surface area contributed by atoms with Crippen LogP contribution in [0.3, 0.4) is 0 Å². The second-order valence-electron chi connectivity index (χ2n) is 5.65. The molecule has 2 nitrogen and oxygen atoms in total. The molecule has 1 saturated heterocycles. The van der Waals surface area contributed by atoms with Gasteiger partial charge in [-0.15, -0.1) is 0 Å². The van der Waals surface area contributed by atoms with Crippen molar-refractivity contribution in [1.82, 2.24) is 4.90 Å². The first kappa shape index (κ1) is 13.6. The monoisotopic (exact) mass is 246 g/mol. The Morgan fingerprint density at radius 2 is 1.89 bits per heavy atom. The largest absolute Gasteiger partial charge is 0.330 e. The number of hydrogen-bond donors (Lipinski definition) is 1. The van der Waals surface area contributed by atoms with Gasteiger partial charge >= 0.3 is 0 Å². The summed E-state index contributed by atoms with van der Waals surface area (Å²) < 4.78 is 0. The summed E-state index contributed by atoms with van der Waals surface area (Å²) in [5.41, 5.74) is 7.09. The second-order valence-corrected chi connectivity index (χ2v) is 5.65. The van der Waals surface area contributed by atoms with Crippen LogP contribution in [0.4, 0.5) is 0 Å². The number of benzene rings is 1. The van der Waals surface area contributed by atoms with Crippen LogP contribution in [0.5, 0.6) is 0 Å². The molecule has 0 bridgehead atoms. The lowest BCUT2D eigenvalue weighted by molar-refractivity contribution is 0.144. The summed E-state index contributed by atoms with van der Waals surface area (Å²) in [7, 11) is 0. The molecule has 2 N–H and O–H groups in total. The molecule has 1 heterocycles. The summed E-state index contributed by atoms with van der Waals surface area (Å²) in [6.07, 6.45) is 3.87. The molecule has 1 aromatic rings. The third-order valence-corrected chi connectivity index (χ3v) is 4.31. The van der Waals surface area contributed by atoms with Gasteiger partial charge in [-0.1, -0.05) is 37.3 Å². The Hall–Kier alpha value is -0.860. The average molecular weight is 246 g/mol. The average Bonchev–Trinajstić information content (AvgIpc) is 2.41. The highest BCUT2D eigenvalue weighted by atomic mass is 15.1. The molecule has 2 heteroatoms. The van der Waals surface area contributed by atoms with Gasteiger partial charge in [-0.3, -0.25) is 4.90 Å². The van der Waals surface area contributed by atoms with Crippen LogP contribution in [-0.2, 0) is 6.54 Å². The molecule has 2 rings (SSSR count). The fourth-order valence-electron chi connectivity index (χ4n) is 3.02. The maximum absolute atomic E-state index is 5.66. The molecule has 0 radical (unpaired) electrons. The normalized spacial score (nSPS) is 19.9. The standard InChI is InChI=1S/C16H26N2/c1-14(7-10-17)16-8-11-18(12-9-16)13-15-5-3-2-4-6-15/h2-6,14,16H,7-13,17H2,1H3. The molecular weight excluding hydrogens is 220 g/mol. The molecule has 0 saturated carbocycles. The van der Waals surface area contributed by atoms with Crippen LogP contribution in [0.15, 0.2) is 30.3 Å². The zero-order chi connectivity index (χ0) is 12.8. The minimum absolute atomic E-state index is 0.800. The fraction of sp³-hybridized carbons (Fsp3) is 0.625. The van der Waals surface area contributed by atoms with E-state index in [9.17, 15) is 0 Å². The van der Waals surface area contributed by atoms with Gasteiger partial charge in [-0.2, -0.15) is 0 Å². The van der Waals surface area contributed by atoms with E-state index in [4.69, 9.17) is 5.73 Å². The van der Waals surface area contributed by atoms with Gasteiger partial charge in [0.1, 0.15) is 0 Å². The molecule has 1 unspecified atom stereocenters. The van der Waals surface area contributed by atoms with Gasteiger partial charge in [0, 0.05) is 6.54 Å². The third-order valence-electron chi connectivity index (χ3n) is 4.31. The van der Waals surface area contributed by atoms with Gasteiger partial charge in [-0.25, -0.2) is 0 Å². The molecule has 0 aromatic heterocycles. The van der Waals surface area contributed by atoms with E-state index < -0.39 is 0 Å². The molecule has 1 aliphatic rings. The Balaban J connectivity index is 1.77. The van der Waals surface area contributed by atoms with E-state index in [-0.39, 0.29) is 0 Å². The molecule has 1 fully saturated rings. The van der Waals surface area contributed by atoms with Gasteiger partial charge in [0.2, 0.25) is 0 Å². The van der Waals surface area contributed by atoms with E-state index in [2.05, 4.69) is 42.2 Å². The first-order valence-electron chi connectivity index (χ1n) is 7.26. The first-order chi connectivity index (χ1) is 8.79. The van der Waals surface area contributed by atoms with Crippen molar-refractivity contribution >= 4 is 0 Å². The molecule has 0 amide bonds. The third kappa shape index (κ3) is 3.82. The number of likely N-dealkylation sites (tertiary alicyclic amines) is 1. The van der Waals surface area contributed by atoms with E-state index in [1.54, 1.807) is 0 Å². The summed E-state index contributed by atoms with van der Waals surface area (Å²) in [6.45, 7) is 6.80. The van der Waals surface area contributed by atoms with Crippen molar-refractivity contribution in [2.45, 2.75) is 32.7 Å². The zero-order valence-corrected chi connectivity index (χ0v) is 11.5. The van der Waals surface area contributed by atoms with E-state index in [0.29, 0.717) is 0 Å². The van der Waals surface area contributed by atoms with Crippen LogP contribution in [-0.4, -0.2) is 24.5 Å². The molecule has 1 aliphatic heterocycles. The number of rotatable bonds is 5. The van der Waals surface area contributed by atoms with Crippen LogP contribution in [0, 0.1) is 11.8 Å². The molecule has 1 atom stereocenters. The van der Waals surface area contributed by atoms with Crippen molar-refractivity contribution < 1.29 is 0 Å². The quantitative estimate of drug-likeness (QED) is 0.865. The Kier molecular flexibility index (Phi) is 5.21. The van der Waals surface area contributed by atoms with Crippen molar-refractivity contribution in [1.29, 1.82) is 0 Å². The van der Waals surface area contributed by atoms with Crippen molar-refractivity contribution in [3.05, 3.63) is 35.9 Å². The Bertz CT molecular complexity index is 328. The van der Waals surface area contributed by atoms with Gasteiger partial charge in [-0.05, 0) is 56.3 Å². The van der Waals surface area contributed by atoms with Crippen molar-refractivity contribution in [3.63, 3.8) is 0 Å². The van der Waals surface area contributed by atoms with E-state index in [0.717, 1.165) is 24.9 Å². The highest BCUT2D eigenvalue weighted by Gasteiger charge is 2.23. The lowest BCUT2D eigenvalue weighted by Crippen LogP contribution is -2.35. The molecule has 18 heavy (non-hydrogen) atoms. The smallest absolute Gasteiger partial charge is 0.0233 e. The van der Waals surface area contributed by atoms with E-state index >= 15 is 0 Å². The van der Waals surface area contributed by atoms with Crippen molar-refractivity contribution in [2.24, 2.45) is 17.6 Å². The Morgan fingerprint density at radius 3 is 2.50 bits per heavy atom. The Labute approximate surface area is 111 Å². The maximum Gasteiger partial charge on any atom is 0.0233 e. The molecule has 0 aliphatic carbocycles. The van der Waals surface area contributed by atoms with E-state index in [1.807, 2.05) is 0 Å². The highest BCUT2D eigenvalue weighted by molar-refractivity contribution is 5.14. The zero-order valence-electron chi connectivity index (χ0n) is 11.5. The Morgan fingerprint density at radius 1 is 1.22 bits per heavy atom. The summed E-state index contributed by atoms with van der Waals surface area (Å²) in [4.78, 5) is 2.58. The van der Waals surface area contributed by atoms with Crippen LogP contribution >= 0.6 is 0 Å². The second kappa shape index (κ2) is 6.91. The minimum atomic E-state index is 0.800. The van der Waals surface area contributed by atoms with Crippen LogP contribution < -0.4 is 5.73 Å². The first-order valence-corrected chi connectivity index (χ1v) is 7.26. The predicted octanol–water partition coefficient (Wildman–Crippen LogP) is 2.88. The summed E-state index contributed by atoms with van der Waals surface area (Å²) in [6, 6.07) is 10.8. The number of piperidine rings is 1. The maximum atomic E-state index is 5.66. The summed E-state index contributed by atoms with van der Waals surface area (Å²) >= 11 is 0. The van der Waals surface area contributed by atoms with Crippen molar-refractivity contribution in [2.75, 3.05) is 19.6 Å². The highest BCUT2D eigenvalue weighted by Crippen LogP contribution is 2.27. The lowest BCUT2D eigenvalue weighted by atomic mass is 9.83. The van der Waals surface area contributed by atoms with Crippen LogP contribution in [0.1, 0.15) is 31.7 Å². The minimum Gasteiger partial charge on any atom is -0.330 e. The van der Waals surface area contributed by atoms with Crippen molar-refractivity contribution in [3.8, 4) is 0 Å².